The Balaban J connectivity index is 3.18. The third kappa shape index (κ3) is 10.8. The summed E-state index contributed by atoms with van der Waals surface area (Å²) >= 11 is 0. The Hall–Kier alpha value is -0.370. The number of unbranched alkanes of at least 4 members (excludes halogenated alkanes) is 9. The molecule has 0 aromatic rings. The fourth-order valence-electron chi connectivity index (χ4n) is 2.29. The van der Waals surface area contributed by atoms with Crippen molar-refractivity contribution >= 4 is 6.29 Å². The quantitative estimate of drug-likeness (QED) is 0.358. The average molecular weight is 255 g/mol. The minimum Gasteiger partial charge on any atom is -0.302 e. The monoisotopic (exact) mass is 255 g/mol. The summed E-state index contributed by atoms with van der Waals surface area (Å²) in [5, 5.41) is 0. The van der Waals surface area contributed by atoms with Gasteiger partial charge in [-0.25, -0.2) is 0 Å². The maximum Gasteiger partial charge on any atom is 0.137 e. The molecule has 0 rings (SSSR count). The van der Waals surface area contributed by atoms with Gasteiger partial charge in [-0.3, -0.25) is 0 Å². The molecule has 0 saturated carbocycles. The number of aldehydes is 1. The van der Waals surface area contributed by atoms with Crippen LogP contribution < -0.4 is 0 Å². The molecule has 0 aliphatic heterocycles. The van der Waals surface area contributed by atoms with E-state index in [4.69, 9.17) is 0 Å². The lowest BCUT2D eigenvalue weighted by Gasteiger charge is -2.17. The van der Waals surface area contributed by atoms with Crippen LogP contribution in [0.5, 0.6) is 0 Å². The standard InChI is InChI=1S/C16H33NO/c1-4-5-6-7-8-9-10-11-12-13-14-16(15-18)17(2)3/h15-16H,4-14H2,1-3H3. The van der Waals surface area contributed by atoms with Gasteiger partial charge in [-0.2, -0.15) is 0 Å². The Morgan fingerprint density at radius 3 is 1.67 bits per heavy atom. The lowest BCUT2D eigenvalue weighted by molar-refractivity contribution is -0.111. The van der Waals surface area contributed by atoms with Gasteiger partial charge in [0.1, 0.15) is 6.29 Å². The number of carbonyl (C=O) groups excluding carboxylic acids is 1. The van der Waals surface area contributed by atoms with Crippen LogP contribution >= 0.6 is 0 Å². The second-order valence-electron chi connectivity index (χ2n) is 5.64. The zero-order valence-electron chi connectivity index (χ0n) is 12.8. The van der Waals surface area contributed by atoms with Gasteiger partial charge in [0.2, 0.25) is 0 Å². The summed E-state index contributed by atoms with van der Waals surface area (Å²) in [6.07, 6.45) is 15.7. The molecule has 0 saturated heterocycles. The molecule has 0 spiro atoms. The van der Waals surface area contributed by atoms with Crippen LogP contribution in [-0.4, -0.2) is 31.3 Å². The number of likely N-dealkylation sites (N-methyl/N-ethyl adjacent to an activating group) is 1. The average Bonchev–Trinajstić information content (AvgIpc) is 2.35. The predicted molar refractivity (Wildman–Crippen MR) is 80.0 cm³/mol. The van der Waals surface area contributed by atoms with Crippen molar-refractivity contribution in [3.05, 3.63) is 0 Å². The Morgan fingerprint density at radius 2 is 1.28 bits per heavy atom. The van der Waals surface area contributed by atoms with Gasteiger partial charge >= 0.3 is 0 Å². The van der Waals surface area contributed by atoms with Gasteiger partial charge in [-0.05, 0) is 20.5 Å². The maximum absolute atomic E-state index is 10.8. The van der Waals surface area contributed by atoms with E-state index in [0.717, 1.165) is 12.7 Å². The van der Waals surface area contributed by atoms with E-state index in [1.165, 1.54) is 64.2 Å². The molecule has 0 aromatic heterocycles. The molecule has 0 aliphatic carbocycles. The molecule has 0 bridgehead atoms. The van der Waals surface area contributed by atoms with Gasteiger partial charge in [-0.1, -0.05) is 71.1 Å². The van der Waals surface area contributed by atoms with Crippen LogP contribution in [0.1, 0.15) is 77.6 Å². The Labute approximate surface area is 114 Å². The van der Waals surface area contributed by atoms with E-state index in [1.54, 1.807) is 0 Å². The van der Waals surface area contributed by atoms with Crippen molar-refractivity contribution in [1.82, 2.24) is 4.90 Å². The molecule has 0 N–H and O–H groups in total. The summed E-state index contributed by atoms with van der Waals surface area (Å²) in [6.45, 7) is 2.26. The van der Waals surface area contributed by atoms with Gasteiger partial charge < -0.3 is 9.69 Å². The first-order chi connectivity index (χ1) is 8.72. The van der Waals surface area contributed by atoms with Crippen molar-refractivity contribution in [3.8, 4) is 0 Å². The maximum atomic E-state index is 10.8. The van der Waals surface area contributed by atoms with Crippen LogP contribution in [0.3, 0.4) is 0 Å². The second-order valence-corrected chi connectivity index (χ2v) is 5.64. The third-order valence-electron chi connectivity index (χ3n) is 3.67. The molecule has 0 amide bonds. The first-order valence-corrected chi connectivity index (χ1v) is 7.84. The van der Waals surface area contributed by atoms with Crippen LogP contribution in [0.2, 0.25) is 0 Å². The van der Waals surface area contributed by atoms with Gasteiger partial charge in [0.15, 0.2) is 0 Å². The molecule has 108 valence electrons. The van der Waals surface area contributed by atoms with Crippen molar-refractivity contribution in [2.75, 3.05) is 14.1 Å². The number of carbonyl (C=O) groups is 1. The van der Waals surface area contributed by atoms with Gasteiger partial charge in [0.25, 0.3) is 0 Å². The molecule has 0 aromatic carbocycles. The van der Waals surface area contributed by atoms with E-state index in [2.05, 4.69) is 6.92 Å². The normalized spacial score (nSPS) is 12.9. The Kier molecular flexibility index (Phi) is 12.8. The van der Waals surface area contributed by atoms with Crippen molar-refractivity contribution < 1.29 is 4.79 Å². The van der Waals surface area contributed by atoms with Crippen LogP contribution in [0, 0.1) is 0 Å². The fourth-order valence-corrected chi connectivity index (χ4v) is 2.29. The molecule has 0 radical (unpaired) electrons. The predicted octanol–water partition coefficient (Wildman–Crippen LogP) is 4.43. The van der Waals surface area contributed by atoms with Crippen molar-refractivity contribution in [3.63, 3.8) is 0 Å². The second kappa shape index (κ2) is 13.1. The molecule has 0 fully saturated rings. The Bertz CT molecular complexity index is 180. The van der Waals surface area contributed by atoms with Crippen molar-refractivity contribution in [1.29, 1.82) is 0 Å². The van der Waals surface area contributed by atoms with Crippen molar-refractivity contribution in [2.24, 2.45) is 0 Å². The van der Waals surface area contributed by atoms with Crippen LogP contribution in [0.4, 0.5) is 0 Å². The smallest absolute Gasteiger partial charge is 0.137 e. The lowest BCUT2D eigenvalue weighted by atomic mass is 10.0. The van der Waals surface area contributed by atoms with Gasteiger partial charge in [-0.15, -0.1) is 0 Å². The summed E-state index contributed by atoms with van der Waals surface area (Å²) < 4.78 is 0. The molecule has 1 unspecified atom stereocenters. The van der Waals surface area contributed by atoms with E-state index < -0.39 is 0 Å². The minimum atomic E-state index is 0.124. The highest BCUT2D eigenvalue weighted by Gasteiger charge is 2.08. The van der Waals surface area contributed by atoms with E-state index in [0.29, 0.717) is 0 Å². The number of hydrogen-bond acceptors (Lipinski definition) is 2. The first-order valence-electron chi connectivity index (χ1n) is 7.84. The molecular weight excluding hydrogens is 222 g/mol. The zero-order valence-corrected chi connectivity index (χ0v) is 12.8. The highest BCUT2D eigenvalue weighted by Crippen LogP contribution is 2.12. The largest absolute Gasteiger partial charge is 0.302 e. The number of rotatable bonds is 13. The molecule has 2 nitrogen and oxygen atoms in total. The molecular formula is C16H33NO. The molecule has 1 atom stereocenters. The van der Waals surface area contributed by atoms with Gasteiger partial charge in [0.05, 0.1) is 6.04 Å². The fraction of sp³-hybridized carbons (Fsp3) is 0.938. The summed E-state index contributed by atoms with van der Waals surface area (Å²) in [6, 6.07) is 0.124. The summed E-state index contributed by atoms with van der Waals surface area (Å²) in [5.41, 5.74) is 0. The molecule has 0 heterocycles. The summed E-state index contributed by atoms with van der Waals surface area (Å²) in [5.74, 6) is 0. The SMILES string of the molecule is CCCCCCCCCCCCC(C=O)N(C)C. The molecule has 0 aliphatic rings. The highest BCUT2D eigenvalue weighted by molar-refractivity contribution is 5.57. The third-order valence-corrected chi connectivity index (χ3v) is 3.67. The van der Waals surface area contributed by atoms with E-state index in [-0.39, 0.29) is 6.04 Å². The van der Waals surface area contributed by atoms with Gasteiger partial charge in [0, 0.05) is 0 Å². The Morgan fingerprint density at radius 1 is 0.833 bits per heavy atom. The number of nitrogens with zero attached hydrogens (tertiary/aromatic N) is 1. The first kappa shape index (κ1) is 17.6. The van der Waals surface area contributed by atoms with E-state index in [1.807, 2.05) is 19.0 Å². The highest BCUT2D eigenvalue weighted by atomic mass is 16.1. The van der Waals surface area contributed by atoms with Crippen LogP contribution in [-0.2, 0) is 4.79 Å². The molecule has 2 heteroatoms. The topological polar surface area (TPSA) is 20.3 Å². The van der Waals surface area contributed by atoms with E-state index in [9.17, 15) is 4.79 Å². The summed E-state index contributed by atoms with van der Waals surface area (Å²) in [7, 11) is 3.96. The minimum absolute atomic E-state index is 0.124. The number of hydrogen-bond donors (Lipinski definition) is 0. The van der Waals surface area contributed by atoms with Crippen LogP contribution in [0.15, 0.2) is 0 Å². The van der Waals surface area contributed by atoms with Crippen molar-refractivity contribution in [2.45, 2.75) is 83.6 Å². The van der Waals surface area contributed by atoms with E-state index >= 15 is 0 Å². The molecule has 18 heavy (non-hydrogen) atoms. The summed E-state index contributed by atoms with van der Waals surface area (Å²) in [4.78, 5) is 12.8. The zero-order chi connectivity index (χ0) is 13.6. The lowest BCUT2D eigenvalue weighted by Crippen LogP contribution is -2.29. The van der Waals surface area contributed by atoms with Crippen LogP contribution in [0.25, 0.3) is 0 Å².